The number of halogens is 1. The number of carbonyl (C=O) groups is 2. The molecule has 38 heavy (non-hydrogen) atoms. The molecule has 202 valence electrons. The Kier molecular flexibility index (Phi) is 9.94. The number of hydrogen-bond donors (Lipinski definition) is 1. The molecule has 0 heterocycles. The molecule has 9 heteroatoms. The lowest BCUT2D eigenvalue weighted by Gasteiger charge is -2.34. The Balaban J connectivity index is 2.08. The van der Waals surface area contributed by atoms with Crippen molar-refractivity contribution in [1.82, 2.24) is 10.2 Å². The van der Waals surface area contributed by atoms with Gasteiger partial charge in [-0.3, -0.25) is 13.9 Å². The van der Waals surface area contributed by atoms with E-state index in [9.17, 15) is 18.0 Å². The third-order valence-electron chi connectivity index (χ3n) is 6.15. The van der Waals surface area contributed by atoms with Crippen LogP contribution in [0.15, 0.2) is 83.8 Å². The van der Waals surface area contributed by atoms with Crippen molar-refractivity contribution in [3.05, 3.63) is 95.0 Å². The highest BCUT2D eigenvalue weighted by Gasteiger charge is 2.34. The summed E-state index contributed by atoms with van der Waals surface area (Å²) in [4.78, 5) is 28.7. The molecule has 0 aliphatic rings. The molecule has 3 aromatic rings. The Bertz CT molecular complexity index is 1360. The Labute approximate surface area is 230 Å². The summed E-state index contributed by atoms with van der Waals surface area (Å²) in [7, 11) is -4.16. The van der Waals surface area contributed by atoms with Gasteiger partial charge in [-0.2, -0.15) is 0 Å². The highest BCUT2D eigenvalue weighted by atomic mass is 35.5. The van der Waals surface area contributed by atoms with Gasteiger partial charge in [0.05, 0.1) is 15.6 Å². The van der Waals surface area contributed by atoms with Gasteiger partial charge in [-0.1, -0.05) is 73.1 Å². The van der Waals surface area contributed by atoms with Crippen molar-refractivity contribution in [2.75, 3.05) is 10.8 Å². The van der Waals surface area contributed by atoms with Crippen LogP contribution in [0.4, 0.5) is 5.69 Å². The van der Waals surface area contributed by atoms with Crippen LogP contribution in [-0.4, -0.2) is 43.8 Å². The van der Waals surface area contributed by atoms with Crippen molar-refractivity contribution in [3.8, 4) is 0 Å². The summed E-state index contributed by atoms with van der Waals surface area (Å²) in [6, 6.07) is 21.1. The van der Waals surface area contributed by atoms with Crippen LogP contribution in [0.1, 0.15) is 38.3 Å². The zero-order chi connectivity index (χ0) is 27.9. The standard InChI is InChI=1S/C29H34ClN3O4S/c1-5-26(29(35)31-21(2)3)32(19-23-14-10-9-13-22(23)4)28(34)20-33(27-18-12-11-17-25(27)30)38(36,37)24-15-7-6-8-16-24/h6-18,21,26H,5,19-20H2,1-4H3,(H,31,35)/t26-/m0/s1. The number of para-hydroxylation sites is 1. The monoisotopic (exact) mass is 555 g/mol. The van der Waals surface area contributed by atoms with E-state index in [-0.39, 0.29) is 34.1 Å². The Morgan fingerprint density at radius 3 is 2.13 bits per heavy atom. The van der Waals surface area contributed by atoms with Crippen molar-refractivity contribution >= 4 is 39.1 Å². The van der Waals surface area contributed by atoms with Gasteiger partial charge in [0.1, 0.15) is 12.6 Å². The van der Waals surface area contributed by atoms with Gasteiger partial charge in [0.25, 0.3) is 10.0 Å². The van der Waals surface area contributed by atoms with E-state index < -0.39 is 28.5 Å². The topological polar surface area (TPSA) is 86.8 Å². The average molecular weight is 556 g/mol. The molecule has 3 aromatic carbocycles. The van der Waals surface area contributed by atoms with Gasteiger partial charge >= 0.3 is 0 Å². The highest BCUT2D eigenvalue weighted by Crippen LogP contribution is 2.31. The normalized spacial score (nSPS) is 12.2. The van der Waals surface area contributed by atoms with E-state index in [1.165, 1.54) is 17.0 Å². The Hall–Kier alpha value is -3.36. The molecule has 0 unspecified atom stereocenters. The van der Waals surface area contributed by atoms with Crippen LogP contribution in [0, 0.1) is 6.92 Å². The lowest BCUT2D eigenvalue weighted by Crippen LogP contribution is -2.53. The summed E-state index contributed by atoms with van der Waals surface area (Å²) < 4.78 is 28.6. The number of anilines is 1. The van der Waals surface area contributed by atoms with E-state index in [2.05, 4.69) is 5.32 Å². The van der Waals surface area contributed by atoms with Gasteiger partial charge in [0.2, 0.25) is 11.8 Å². The molecular weight excluding hydrogens is 522 g/mol. The number of rotatable bonds is 11. The molecular formula is C29H34ClN3O4S. The number of nitrogens with one attached hydrogen (secondary N) is 1. The first-order valence-corrected chi connectivity index (χ1v) is 14.3. The summed E-state index contributed by atoms with van der Waals surface area (Å²) in [5, 5.41) is 3.08. The van der Waals surface area contributed by atoms with Crippen molar-refractivity contribution in [1.29, 1.82) is 0 Å². The molecule has 0 aliphatic heterocycles. The first kappa shape index (κ1) is 29.2. The maximum atomic E-state index is 14.0. The molecule has 2 amide bonds. The fraction of sp³-hybridized carbons (Fsp3) is 0.310. The highest BCUT2D eigenvalue weighted by molar-refractivity contribution is 7.92. The van der Waals surface area contributed by atoms with E-state index in [1.807, 2.05) is 52.0 Å². The molecule has 7 nitrogen and oxygen atoms in total. The summed E-state index contributed by atoms with van der Waals surface area (Å²) in [5.41, 5.74) is 2.01. The smallest absolute Gasteiger partial charge is 0.264 e. The maximum absolute atomic E-state index is 14.0. The van der Waals surface area contributed by atoms with Crippen LogP contribution in [0.5, 0.6) is 0 Å². The Morgan fingerprint density at radius 1 is 0.921 bits per heavy atom. The van der Waals surface area contributed by atoms with Crippen molar-refractivity contribution in [2.45, 2.75) is 57.6 Å². The van der Waals surface area contributed by atoms with Crippen molar-refractivity contribution in [3.63, 3.8) is 0 Å². The van der Waals surface area contributed by atoms with Crippen LogP contribution in [0.2, 0.25) is 5.02 Å². The van der Waals surface area contributed by atoms with Gasteiger partial charge in [-0.15, -0.1) is 0 Å². The molecule has 3 rings (SSSR count). The number of sulfonamides is 1. The van der Waals surface area contributed by atoms with E-state index >= 15 is 0 Å². The fourth-order valence-electron chi connectivity index (χ4n) is 4.16. The molecule has 0 saturated heterocycles. The molecule has 0 radical (unpaired) electrons. The largest absolute Gasteiger partial charge is 0.352 e. The number of amides is 2. The SMILES string of the molecule is CC[C@@H](C(=O)NC(C)C)N(Cc1ccccc1C)C(=O)CN(c1ccccc1Cl)S(=O)(=O)c1ccccc1. The molecule has 0 saturated carbocycles. The van der Waals surface area contributed by atoms with E-state index in [4.69, 9.17) is 11.6 Å². The minimum absolute atomic E-state index is 0.0303. The summed E-state index contributed by atoms with van der Waals surface area (Å²) in [6.07, 6.45) is 0.355. The zero-order valence-electron chi connectivity index (χ0n) is 22.1. The molecule has 1 atom stereocenters. The second-order valence-electron chi connectivity index (χ2n) is 9.31. The number of hydrogen-bond acceptors (Lipinski definition) is 4. The van der Waals surface area contributed by atoms with Crippen LogP contribution >= 0.6 is 11.6 Å². The van der Waals surface area contributed by atoms with Crippen LogP contribution < -0.4 is 9.62 Å². The average Bonchev–Trinajstić information content (AvgIpc) is 2.88. The second-order valence-corrected chi connectivity index (χ2v) is 11.6. The summed E-state index contributed by atoms with van der Waals surface area (Å²) in [6.45, 7) is 7.08. The van der Waals surface area contributed by atoms with Gasteiger partial charge in [-0.25, -0.2) is 8.42 Å². The molecule has 0 aliphatic carbocycles. The van der Waals surface area contributed by atoms with Crippen molar-refractivity contribution in [2.24, 2.45) is 0 Å². The molecule has 1 N–H and O–H groups in total. The Morgan fingerprint density at radius 2 is 1.53 bits per heavy atom. The van der Waals surface area contributed by atoms with Crippen molar-refractivity contribution < 1.29 is 18.0 Å². The first-order valence-electron chi connectivity index (χ1n) is 12.5. The van der Waals surface area contributed by atoms with E-state index in [0.717, 1.165) is 15.4 Å². The quantitative estimate of drug-likeness (QED) is 0.353. The minimum atomic E-state index is -4.16. The molecule has 0 spiro atoms. The predicted octanol–water partition coefficient (Wildman–Crippen LogP) is 5.18. The molecule has 0 fully saturated rings. The third kappa shape index (κ3) is 6.94. The van der Waals surface area contributed by atoms with Crippen LogP contribution in [0.25, 0.3) is 0 Å². The third-order valence-corrected chi connectivity index (χ3v) is 8.24. The first-order chi connectivity index (χ1) is 18.1. The van der Waals surface area contributed by atoms with Gasteiger partial charge in [0.15, 0.2) is 0 Å². The molecule has 0 aromatic heterocycles. The van der Waals surface area contributed by atoms with Gasteiger partial charge in [0, 0.05) is 12.6 Å². The van der Waals surface area contributed by atoms with Gasteiger partial charge < -0.3 is 10.2 Å². The lowest BCUT2D eigenvalue weighted by atomic mass is 10.1. The second kappa shape index (κ2) is 12.9. The molecule has 0 bridgehead atoms. The van der Waals surface area contributed by atoms with Gasteiger partial charge in [-0.05, 0) is 62.6 Å². The minimum Gasteiger partial charge on any atom is -0.352 e. The number of nitrogens with zero attached hydrogens (tertiary/aromatic N) is 2. The van der Waals surface area contributed by atoms with Crippen LogP contribution in [-0.2, 0) is 26.2 Å². The summed E-state index contributed by atoms with van der Waals surface area (Å²) in [5.74, 6) is -0.807. The number of aryl methyl sites for hydroxylation is 1. The number of carbonyl (C=O) groups excluding carboxylic acids is 2. The van der Waals surface area contributed by atoms with E-state index in [0.29, 0.717) is 6.42 Å². The fourth-order valence-corrected chi connectivity index (χ4v) is 5.90. The zero-order valence-corrected chi connectivity index (χ0v) is 23.7. The lowest BCUT2D eigenvalue weighted by molar-refractivity contribution is -0.140. The number of benzene rings is 3. The summed E-state index contributed by atoms with van der Waals surface area (Å²) >= 11 is 6.43. The van der Waals surface area contributed by atoms with Crippen LogP contribution in [0.3, 0.4) is 0 Å². The maximum Gasteiger partial charge on any atom is 0.264 e. The predicted molar refractivity (Wildman–Crippen MR) is 152 cm³/mol. The van der Waals surface area contributed by atoms with E-state index in [1.54, 1.807) is 42.5 Å².